The van der Waals surface area contributed by atoms with Gasteiger partial charge in [-0.15, -0.1) is 16.8 Å². The number of aryl methyl sites for hydroxylation is 1. The highest BCUT2D eigenvalue weighted by molar-refractivity contribution is 7.99. The summed E-state index contributed by atoms with van der Waals surface area (Å²) < 4.78 is 8.06. The zero-order valence-electron chi connectivity index (χ0n) is 20.3. The molecule has 0 saturated carbocycles. The number of aromatic nitrogens is 3. The molecule has 1 aromatic heterocycles. The first-order valence-corrected chi connectivity index (χ1v) is 12.6. The lowest BCUT2D eigenvalue weighted by Crippen LogP contribution is -2.16. The van der Waals surface area contributed by atoms with Crippen LogP contribution in [-0.4, -0.2) is 26.4 Å². The Bertz CT molecular complexity index is 1350. The van der Waals surface area contributed by atoms with Crippen LogP contribution >= 0.6 is 11.8 Å². The van der Waals surface area contributed by atoms with Crippen LogP contribution in [0.2, 0.25) is 0 Å². The fraction of sp³-hybridized carbons (Fsp3) is 0.250. The first kappa shape index (κ1) is 24.5. The highest BCUT2D eigenvalue weighted by atomic mass is 32.2. The van der Waals surface area contributed by atoms with E-state index < -0.39 is 0 Å². The van der Waals surface area contributed by atoms with Gasteiger partial charge in [-0.3, -0.25) is 9.36 Å². The number of hydrogen-bond donors (Lipinski definition) is 1. The number of carbonyl (C=O) groups excluding carboxylic acids is 1. The third-order valence-electron chi connectivity index (χ3n) is 5.80. The molecule has 0 bridgehead atoms. The van der Waals surface area contributed by atoms with Crippen LogP contribution in [0.3, 0.4) is 0 Å². The van der Waals surface area contributed by atoms with Gasteiger partial charge in [0.1, 0.15) is 12.4 Å². The number of carbonyl (C=O) groups is 1. The summed E-state index contributed by atoms with van der Waals surface area (Å²) in [5.41, 5.74) is 3.05. The maximum absolute atomic E-state index is 12.7. The number of rotatable bonds is 10. The number of anilines is 1. The van der Waals surface area contributed by atoms with Crippen LogP contribution in [0.1, 0.15) is 36.7 Å². The Kier molecular flexibility index (Phi) is 7.87. The second-order valence-electron chi connectivity index (χ2n) is 8.58. The standard InChI is InChI=1S/C28H30N4O2S/c1-5-16-32-26(17-34-25-15-14-21-10-6-7-12-23(21)20(25)4)30-31-28(32)35-18-27(33)29-24-13-9-8-11-22(24)19(2)3/h5-15,19H,1,16-18H2,2-4H3,(H,29,33). The van der Waals surface area contributed by atoms with Crippen LogP contribution in [0, 0.1) is 6.92 Å². The highest BCUT2D eigenvalue weighted by Crippen LogP contribution is 2.28. The molecule has 1 heterocycles. The number of nitrogens with zero attached hydrogens (tertiary/aromatic N) is 3. The van der Waals surface area contributed by atoms with Crippen molar-refractivity contribution in [2.24, 2.45) is 0 Å². The van der Waals surface area contributed by atoms with Crippen molar-refractivity contribution in [1.82, 2.24) is 14.8 Å². The predicted octanol–water partition coefficient (Wildman–Crippen LogP) is 6.36. The van der Waals surface area contributed by atoms with Crippen LogP contribution in [0.5, 0.6) is 5.75 Å². The summed E-state index contributed by atoms with van der Waals surface area (Å²) >= 11 is 1.35. The molecular weight excluding hydrogens is 456 g/mol. The summed E-state index contributed by atoms with van der Waals surface area (Å²) in [5, 5.41) is 14.7. The van der Waals surface area contributed by atoms with Crippen molar-refractivity contribution in [3.05, 3.63) is 90.3 Å². The summed E-state index contributed by atoms with van der Waals surface area (Å²) in [5.74, 6) is 1.97. The number of thioether (sulfide) groups is 1. The molecule has 0 spiro atoms. The van der Waals surface area contributed by atoms with E-state index in [0.717, 1.165) is 22.6 Å². The molecule has 3 aromatic carbocycles. The van der Waals surface area contributed by atoms with Gasteiger partial charge in [-0.2, -0.15) is 0 Å². The molecule has 0 aliphatic heterocycles. The summed E-state index contributed by atoms with van der Waals surface area (Å²) in [6, 6.07) is 20.2. The lowest BCUT2D eigenvalue weighted by atomic mass is 10.0. The van der Waals surface area contributed by atoms with Gasteiger partial charge >= 0.3 is 0 Å². The third kappa shape index (κ3) is 5.74. The number of para-hydroxylation sites is 1. The van der Waals surface area contributed by atoms with Gasteiger partial charge < -0.3 is 10.1 Å². The molecule has 0 unspecified atom stereocenters. The fourth-order valence-electron chi connectivity index (χ4n) is 3.98. The minimum absolute atomic E-state index is 0.0826. The number of allylic oxidation sites excluding steroid dienone is 1. The Morgan fingerprint density at radius 3 is 2.69 bits per heavy atom. The number of amides is 1. The zero-order chi connectivity index (χ0) is 24.8. The first-order chi connectivity index (χ1) is 17.0. The van der Waals surface area contributed by atoms with E-state index >= 15 is 0 Å². The van der Waals surface area contributed by atoms with E-state index in [1.54, 1.807) is 6.08 Å². The van der Waals surface area contributed by atoms with Crippen LogP contribution in [-0.2, 0) is 17.9 Å². The molecule has 180 valence electrons. The largest absolute Gasteiger partial charge is 0.485 e. The van der Waals surface area contributed by atoms with Gasteiger partial charge in [0.15, 0.2) is 11.0 Å². The number of fused-ring (bicyclic) bond motifs is 1. The van der Waals surface area contributed by atoms with Gasteiger partial charge in [0.25, 0.3) is 0 Å². The molecule has 0 saturated heterocycles. The predicted molar refractivity (Wildman–Crippen MR) is 143 cm³/mol. The van der Waals surface area contributed by atoms with Crippen LogP contribution in [0.25, 0.3) is 10.8 Å². The van der Waals surface area contributed by atoms with E-state index in [-0.39, 0.29) is 18.3 Å². The summed E-state index contributed by atoms with van der Waals surface area (Å²) in [6.45, 7) is 10.9. The zero-order valence-corrected chi connectivity index (χ0v) is 21.1. The third-order valence-corrected chi connectivity index (χ3v) is 6.77. The van der Waals surface area contributed by atoms with Crippen molar-refractivity contribution >= 4 is 34.1 Å². The molecule has 0 atom stereocenters. The molecule has 35 heavy (non-hydrogen) atoms. The second-order valence-corrected chi connectivity index (χ2v) is 9.52. The molecule has 4 rings (SSSR count). The minimum Gasteiger partial charge on any atom is -0.485 e. The smallest absolute Gasteiger partial charge is 0.234 e. The second kappa shape index (κ2) is 11.2. The van der Waals surface area contributed by atoms with E-state index in [9.17, 15) is 4.79 Å². The van der Waals surface area contributed by atoms with E-state index in [1.165, 1.54) is 22.5 Å². The van der Waals surface area contributed by atoms with E-state index in [4.69, 9.17) is 4.74 Å². The van der Waals surface area contributed by atoms with Crippen LogP contribution < -0.4 is 10.1 Å². The number of benzene rings is 3. The number of ether oxygens (including phenoxy) is 1. The molecule has 7 heteroatoms. The van der Waals surface area contributed by atoms with Gasteiger partial charge in [-0.25, -0.2) is 0 Å². The molecule has 0 fully saturated rings. The van der Waals surface area contributed by atoms with Crippen molar-refractivity contribution < 1.29 is 9.53 Å². The van der Waals surface area contributed by atoms with Gasteiger partial charge in [0.2, 0.25) is 5.91 Å². The number of nitrogens with one attached hydrogen (secondary N) is 1. The highest BCUT2D eigenvalue weighted by Gasteiger charge is 2.16. The van der Waals surface area contributed by atoms with Crippen molar-refractivity contribution in [2.75, 3.05) is 11.1 Å². The van der Waals surface area contributed by atoms with Crippen molar-refractivity contribution in [2.45, 2.75) is 45.0 Å². The average Bonchev–Trinajstić information content (AvgIpc) is 3.24. The normalized spacial score (nSPS) is 11.1. The van der Waals surface area contributed by atoms with Gasteiger partial charge in [-0.1, -0.05) is 80.2 Å². The average molecular weight is 487 g/mol. The van der Waals surface area contributed by atoms with Crippen molar-refractivity contribution in [3.63, 3.8) is 0 Å². The van der Waals surface area contributed by atoms with Crippen molar-refractivity contribution in [1.29, 1.82) is 0 Å². The monoisotopic (exact) mass is 486 g/mol. The van der Waals surface area contributed by atoms with Crippen LogP contribution in [0.4, 0.5) is 5.69 Å². The summed E-state index contributed by atoms with van der Waals surface area (Å²) in [4.78, 5) is 12.7. The Hall–Kier alpha value is -3.58. The Labute approximate surface area is 210 Å². The molecule has 0 aliphatic carbocycles. The van der Waals surface area contributed by atoms with E-state index in [0.29, 0.717) is 23.4 Å². The lowest BCUT2D eigenvalue weighted by Gasteiger charge is -2.14. The van der Waals surface area contributed by atoms with E-state index in [2.05, 4.69) is 61.1 Å². The van der Waals surface area contributed by atoms with Crippen LogP contribution in [0.15, 0.2) is 78.5 Å². The fourth-order valence-corrected chi connectivity index (χ4v) is 4.75. The van der Waals surface area contributed by atoms with Gasteiger partial charge in [0, 0.05) is 12.2 Å². The van der Waals surface area contributed by atoms with Gasteiger partial charge in [0.05, 0.1) is 5.75 Å². The molecule has 0 radical (unpaired) electrons. The summed E-state index contributed by atoms with van der Waals surface area (Å²) in [7, 11) is 0. The Balaban J connectivity index is 1.43. The summed E-state index contributed by atoms with van der Waals surface area (Å²) in [6.07, 6.45) is 1.79. The Morgan fingerprint density at radius 2 is 1.89 bits per heavy atom. The van der Waals surface area contributed by atoms with Gasteiger partial charge in [-0.05, 0) is 46.9 Å². The number of hydrogen-bond acceptors (Lipinski definition) is 5. The topological polar surface area (TPSA) is 69.0 Å². The molecular formula is C28H30N4O2S. The molecule has 0 aliphatic rings. The van der Waals surface area contributed by atoms with Crippen molar-refractivity contribution in [3.8, 4) is 5.75 Å². The molecule has 1 amide bonds. The molecule has 1 N–H and O–H groups in total. The SMILES string of the molecule is C=CCn1c(COc2ccc3ccccc3c2C)nnc1SCC(=O)Nc1ccccc1C(C)C. The Morgan fingerprint density at radius 1 is 1.11 bits per heavy atom. The lowest BCUT2D eigenvalue weighted by molar-refractivity contribution is -0.113. The quantitative estimate of drug-likeness (QED) is 0.209. The minimum atomic E-state index is -0.0826. The molecule has 4 aromatic rings. The molecule has 6 nitrogen and oxygen atoms in total. The maximum Gasteiger partial charge on any atom is 0.234 e. The first-order valence-electron chi connectivity index (χ1n) is 11.6. The maximum atomic E-state index is 12.7. The van der Waals surface area contributed by atoms with E-state index in [1.807, 2.05) is 47.0 Å².